The Morgan fingerprint density at radius 1 is 1.71 bits per heavy atom. The number of hydrogen-bond acceptors (Lipinski definition) is 3. The molecule has 14 heavy (non-hydrogen) atoms. The van der Waals surface area contributed by atoms with Crippen molar-refractivity contribution in [2.75, 3.05) is 13.6 Å². The normalized spacial score (nSPS) is 10.2. The molecule has 1 rings (SSSR count). The van der Waals surface area contributed by atoms with Gasteiger partial charge in [0.25, 0.3) is 0 Å². The summed E-state index contributed by atoms with van der Waals surface area (Å²) >= 11 is 0. The fourth-order valence-electron chi connectivity index (χ4n) is 1.12. The molecule has 0 aliphatic heterocycles. The number of rotatable bonds is 4. The van der Waals surface area contributed by atoms with Crippen molar-refractivity contribution in [3.63, 3.8) is 0 Å². The van der Waals surface area contributed by atoms with E-state index in [0.717, 1.165) is 5.82 Å². The third kappa shape index (κ3) is 2.32. The molecule has 5 heteroatoms. The van der Waals surface area contributed by atoms with Gasteiger partial charge in [-0.1, -0.05) is 0 Å². The Morgan fingerprint density at radius 3 is 3.00 bits per heavy atom. The van der Waals surface area contributed by atoms with E-state index in [4.69, 9.17) is 5.73 Å². The van der Waals surface area contributed by atoms with Crippen LogP contribution in [0.5, 0.6) is 0 Å². The van der Waals surface area contributed by atoms with Crippen LogP contribution in [-0.2, 0) is 17.9 Å². The first-order chi connectivity index (χ1) is 6.69. The van der Waals surface area contributed by atoms with E-state index >= 15 is 0 Å². The average molecular weight is 196 g/mol. The number of nitrogens with zero attached hydrogens (tertiary/aromatic N) is 3. The Morgan fingerprint density at radius 2 is 2.43 bits per heavy atom. The molecule has 2 N–H and O–H groups in total. The van der Waals surface area contributed by atoms with Gasteiger partial charge in [0.2, 0.25) is 5.91 Å². The van der Waals surface area contributed by atoms with Gasteiger partial charge in [-0.05, 0) is 6.92 Å². The molecule has 1 amide bonds. The van der Waals surface area contributed by atoms with Crippen molar-refractivity contribution < 1.29 is 4.79 Å². The molecular weight excluding hydrogens is 180 g/mol. The molecule has 0 spiro atoms. The summed E-state index contributed by atoms with van der Waals surface area (Å²) in [5, 5.41) is 0. The molecular formula is C9H16N4O. The van der Waals surface area contributed by atoms with Crippen molar-refractivity contribution in [3.05, 3.63) is 18.2 Å². The lowest BCUT2D eigenvalue weighted by molar-refractivity contribution is -0.130. The summed E-state index contributed by atoms with van der Waals surface area (Å²) in [7, 11) is 1.78. The summed E-state index contributed by atoms with van der Waals surface area (Å²) in [5.41, 5.74) is 5.47. The van der Waals surface area contributed by atoms with Gasteiger partial charge in [0, 0.05) is 26.0 Å². The zero-order valence-electron chi connectivity index (χ0n) is 8.60. The largest absolute Gasteiger partial charge is 0.344 e. The number of nitrogens with two attached hydrogens (primary N) is 1. The zero-order chi connectivity index (χ0) is 10.6. The Hall–Kier alpha value is -1.36. The molecule has 1 heterocycles. The van der Waals surface area contributed by atoms with Gasteiger partial charge in [-0.2, -0.15) is 0 Å². The number of likely N-dealkylation sites (N-methyl/N-ethyl adjacent to an activating group) is 1. The van der Waals surface area contributed by atoms with E-state index in [1.165, 1.54) is 0 Å². The molecule has 0 saturated carbocycles. The Bertz CT molecular complexity index is 308. The first-order valence-electron chi connectivity index (χ1n) is 4.63. The number of hydrogen-bond donors (Lipinski definition) is 1. The SMILES string of the molecule is CCN(C)C(=O)Cn1ccnc1CN. The quantitative estimate of drug-likeness (QED) is 0.726. The summed E-state index contributed by atoms with van der Waals surface area (Å²) in [6, 6.07) is 0. The first kappa shape index (κ1) is 10.7. The van der Waals surface area contributed by atoms with Gasteiger partial charge in [-0.25, -0.2) is 4.98 Å². The van der Waals surface area contributed by atoms with Crippen molar-refractivity contribution in [1.29, 1.82) is 0 Å². The lowest BCUT2D eigenvalue weighted by Gasteiger charge is -2.15. The fourth-order valence-corrected chi connectivity index (χ4v) is 1.12. The highest BCUT2D eigenvalue weighted by molar-refractivity contribution is 5.75. The topological polar surface area (TPSA) is 64.2 Å². The van der Waals surface area contributed by atoms with Gasteiger partial charge in [-0.3, -0.25) is 4.79 Å². The number of carbonyl (C=O) groups is 1. The average Bonchev–Trinajstić information content (AvgIpc) is 2.63. The lowest BCUT2D eigenvalue weighted by Crippen LogP contribution is -2.30. The minimum Gasteiger partial charge on any atom is -0.344 e. The molecule has 78 valence electrons. The third-order valence-electron chi connectivity index (χ3n) is 2.19. The predicted molar refractivity (Wildman–Crippen MR) is 53.4 cm³/mol. The van der Waals surface area contributed by atoms with Crippen LogP contribution in [0.1, 0.15) is 12.7 Å². The van der Waals surface area contributed by atoms with Crippen LogP contribution in [0.3, 0.4) is 0 Å². The molecule has 0 aromatic carbocycles. The van der Waals surface area contributed by atoms with Gasteiger partial charge in [0.15, 0.2) is 0 Å². The fraction of sp³-hybridized carbons (Fsp3) is 0.556. The highest BCUT2D eigenvalue weighted by Gasteiger charge is 2.09. The van der Waals surface area contributed by atoms with E-state index in [0.29, 0.717) is 19.6 Å². The minimum absolute atomic E-state index is 0.0696. The molecule has 0 atom stereocenters. The maximum absolute atomic E-state index is 11.5. The van der Waals surface area contributed by atoms with E-state index in [1.54, 1.807) is 28.9 Å². The van der Waals surface area contributed by atoms with Crippen LogP contribution in [0.4, 0.5) is 0 Å². The molecule has 5 nitrogen and oxygen atoms in total. The van der Waals surface area contributed by atoms with Gasteiger partial charge < -0.3 is 15.2 Å². The molecule has 0 radical (unpaired) electrons. The van der Waals surface area contributed by atoms with E-state index in [9.17, 15) is 4.79 Å². The molecule has 0 fully saturated rings. The van der Waals surface area contributed by atoms with Gasteiger partial charge in [0.05, 0.1) is 6.54 Å². The van der Waals surface area contributed by atoms with Gasteiger partial charge >= 0.3 is 0 Å². The molecule has 0 aliphatic carbocycles. The Labute approximate surface area is 83.5 Å². The number of carbonyl (C=O) groups excluding carboxylic acids is 1. The lowest BCUT2D eigenvalue weighted by atomic mass is 10.4. The molecule has 0 aliphatic rings. The first-order valence-corrected chi connectivity index (χ1v) is 4.63. The van der Waals surface area contributed by atoms with Crippen molar-refractivity contribution in [2.24, 2.45) is 5.73 Å². The number of amides is 1. The second-order valence-corrected chi connectivity index (χ2v) is 3.08. The summed E-state index contributed by atoms with van der Waals surface area (Å²) < 4.78 is 1.77. The van der Waals surface area contributed by atoms with Crippen LogP contribution in [0.15, 0.2) is 12.4 Å². The standard InChI is InChI=1S/C9H16N4O/c1-3-12(2)9(14)7-13-5-4-11-8(13)6-10/h4-5H,3,6-7,10H2,1-2H3. The third-order valence-corrected chi connectivity index (χ3v) is 2.19. The van der Waals surface area contributed by atoms with Gasteiger partial charge in [-0.15, -0.1) is 0 Å². The van der Waals surface area contributed by atoms with Crippen LogP contribution < -0.4 is 5.73 Å². The molecule has 0 saturated heterocycles. The monoisotopic (exact) mass is 196 g/mol. The Balaban J connectivity index is 2.64. The van der Waals surface area contributed by atoms with Crippen molar-refractivity contribution >= 4 is 5.91 Å². The van der Waals surface area contributed by atoms with E-state index in [2.05, 4.69) is 4.98 Å². The van der Waals surface area contributed by atoms with Crippen LogP contribution in [-0.4, -0.2) is 34.0 Å². The van der Waals surface area contributed by atoms with Crippen molar-refractivity contribution in [2.45, 2.75) is 20.0 Å². The smallest absolute Gasteiger partial charge is 0.242 e. The number of aromatic nitrogens is 2. The summed E-state index contributed by atoms with van der Waals surface area (Å²) in [5.74, 6) is 0.808. The van der Waals surface area contributed by atoms with Crippen LogP contribution in [0.25, 0.3) is 0 Å². The summed E-state index contributed by atoms with van der Waals surface area (Å²) in [4.78, 5) is 17.3. The molecule has 0 unspecified atom stereocenters. The Kier molecular flexibility index (Phi) is 3.64. The predicted octanol–water partition coefficient (Wildman–Crippen LogP) is -0.180. The maximum atomic E-state index is 11.5. The molecule has 1 aromatic rings. The molecule has 1 aromatic heterocycles. The zero-order valence-corrected chi connectivity index (χ0v) is 8.60. The van der Waals surface area contributed by atoms with Crippen LogP contribution >= 0.6 is 0 Å². The second-order valence-electron chi connectivity index (χ2n) is 3.08. The van der Waals surface area contributed by atoms with Gasteiger partial charge in [0.1, 0.15) is 12.4 Å². The van der Waals surface area contributed by atoms with E-state index < -0.39 is 0 Å². The van der Waals surface area contributed by atoms with Crippen LogP contribution in [0.2, 0.25) is 0 Å². The highest BCUT2D eigenvalue weighted by atomic mass is 16.2. The summed E-state index contributed by atoms with van der Waals surface area (Å²) in [6.45, 7) is 3.33. The molecule has 0 bridgehead atoms. The van der Waals surface area contributed by atoms with Crippen molar-refractivity contribution in [1.82, 2.24) is 14.5 Å². The highest BCUT2D eigenvalue weighted by Crippen LogP contribution is 1.97. The number of imidazole rings is 1. The summed E-state index contributed by atoms with van der Waals surface area (Å²) in [6.07, 6.45) is 3.42. The maximum Gasteiger partial charge on any atom is 0.242 e. The van der Waals surface area contributed by atoms with E-state index in [1.807, 2.05) is 6.92 Å². The van der Waals surface area contributed by atoms with Crippen molar-refractivity contribution in [3.8, 4) is 0 Å². The van der Waals surface area contributed by atoms with Crippen LogP contribution in [0, 0.1) is 0 Å². The van der Waals surface area contributed by atoms with E-state index in [-0.39, 0.29) is 5.91 Å². The second kappa shape index (κ2) is 4.76. The minimum atomic E-state index is 0.0696.